The van der Waals surface area contributed by atoms with Gasteiger partial charge in [-0.2, -0.15) is 5.10 Å². The fraction of sp³-hybridized carbons (Fsp3) is 0.500. The Morgan fingerprint density at radius 3 is 2.92 bits per heavy atom. The third kappa shape index (κ3) is 2.21. The first-order valence-corrected chi connectivity index (χ1v) is 4.23. The average molecular weight is 182 g/mol. The number of primary amides is 1. The van der Waals surface area contributed by atoms with Gasteiger partial charge in [-0.25, -0.2) is 0 Å². The van der Waals surface area contributed by atoms with Crippen LogP contribution < -0.4 is 11.1 Å². The van der Waals surface area contributed by atoms with E-state index in [0.29, 0.717) is 11.5 Å². The monoisotopic (exact) mass is 182 g/mol. The van der Waals surface area contributed by atoms with E-state index < -0.39 is 5.91 Å². The van der Waals surface area contributed by atoms with Gasteiger partial charge in [-0.1, -0.05) is 6.92 Å². The average Bonchev–Trinajstić information content (AvgIpc) is 2.43. The summed E-state index contributed by atoms with van der Waals surface area (Å²) in [6.07, 6.45) is 1.02. The number of anilines is 1. The van der Waals surface area contributed by atoms with Crippen molar-refractivity contribution in [2.24, 2.45) is 12.8 Å². The molecule has 0 spiro atoms. The molecule has 1 aromatic rings. The Kier molecular flexibility index (Phi) is 2.89. The SMILES string of the molecule is CCCNc1cc(C(N)=O)n(C)n1. The van der Waals surface area contributed by atoms with Crippen molar-refractivity contribution in [3.8, 4) is 0 Å². The standard InChI is InChI=1S/C8H14N4O/c1-3-4-10-7-5-6(8(9)13)12(2)11-7/h5H,3-4H2,1-2H3,(H2,9,13)(H,10,11). The summed E-state index contributed by atoms with van der Waals surface area (Å²) in [5, 5.41) is 7.14. The lowest BCUT2D eigenvalue weighted by Crippen LogP contribution is -2.15. The van der Waals surface area contributed by atoms with Gasteiger partial charge in [0.05, 0.1) is 0 Å². The van der Waals surface area contributed by atoms with Crippen molar-refractivity contribution in [1.82, 2.24) is 9.78 Å². The summed E-state index contributed by atoms with van der Waals surface area (Å²) in [4.78, 5) is 10.8. The number of hydrogen-bond donors (Lipinski definition) is 2. The van der Waals surface area contributed by atoms with Crippen LogP contribution in [0.2, 0.25) is 0 Å². The minimum absolute atomic E-state index is 0.415. The summed E-state index contributed by atoms with van der Waals surface area (Å²) < 4.78 is 1.47. The smallest absolute Gasteiger partial charge is 0.267 e. The Morgan fingerprint density at radius 2 is 2.46 bits per heavy atom. The molecule has 0 aromatic carbocycles. The number of amides is 1. The molecule has 0 atom stereocenters. The molecule has 0 unspecified atom stereocenters. The zero-order chi connectivity index (χ0) is 9.84. The van der Waals surface area contributed by atoms with Crippen LogP contribution in [0.3, 0.4) is 0 Å². The molecule has 1 heterocycles. The third-order valence-electron chi connectivity index (χ3n) is 1.69. The minimum Gasteiger partial charge on any atom is -0.369 e. The van der Waals surface area contributed by atoms with E-state index in [0.717, 1.165) is 13.0 Å². The highest BCUT2D eigenvalue weighted by atomic mass is 16.1. The molecule has 1 amide bonds. The van der Waals surface area contributed by atoms with Crippen LogP contribution in [0.25, 0.3) is 0 Å². The molecule has 0 saturated carbocycles. The Hall–Kier alpha value is -1.52. The van der Waals surface area contributed by atoms with E-state index in [-0.39, 0.29) is 0 Å². The fourth-order valence-electron chi connectivity index (χ4n) is 1.04. The lowest BCUT2D eigenvalue weighted by Gasteiger charge is -1.96. The minimum atomic E-state index is -0.459. The van der Waals surface area contributed by atoms with Crippen LogP contribution in [0, 0.1) is 0 Å². The van der Waals surface area contributed by atoms with Crippen LogP contribution in [0.4, 0.5) is 5.82 Å². The predicted octanol–water partition coefficient (Wildman–Crippen LogP) is 0.341. The van der Waals surface area contributed by atoms with Crippen LogP contribution in [-0.2, 0) is 7.05 Å². The molecule has 13 heavy (non-hydrogen) atoms. The molecule has 1 aromatic heterocycles. The van der Waals surface area contributed by atoms with Gasteiger partial charge in [0.2, 0.25) is 0 Å². The molecule has 0 bridgehead atoms. The molecule has 0 fully saturated rings. The number of carbonyl (C=O) groups excluding carboxylic acids is 1. The van der Waals surface area contributed by atoms with Crippen molar-refractivity contribution in [2.45, 2.75) is 13.3 Å². The number of aryl methyl sites for hydroxylation is 1. The predicted molar refractivity (Wildman–Crippen MR) is 50.5 cm³/mol. The Balaban J connectivity index is 2.76. The fourth-order valence-corrected chi connectivity index (χ4v) is 1.04. The van der Waals surface area contributed by atoms with Crippen molar-refractivity contribution in [1.29, 1.82) is 0 Å². The zero-order valence-electron chi connectivity index (χ0n) is 7.87. The maximum Gasteiger partial charge on any atom is 0.267 e. The van der Waals surface area contributed by atoms with E-state index in [4.69, 9.17) is 5.73 Å². The van der Waals surface area contributed by atoms with Gasteiger partial charge in [-0.05, 0) is 6.42 Å². The highest BCUT2D eigenvalue weighted by Gasteiger charge is 2.08. The maximum atomic E-state index is 10.8. The summed E-state index contributed by atoms with van der Waals surface area (Å²) >= 11 is 0. The number of aromatic nitrogens is 2. The third-order valence-corrected chi connectivity index (χ3v) is 1.69. The van der Waals surface area contributed by atoms with E-state index in [9.17, 15) is 4.79 Å². The van der Waals surface area contributed by atoms with Crippen molar-refractivity contribution >= 4 is 11.7 Å². The van der Waals surface area contributed by atoms with Crippen molar-refractivity contribution in [2.75, 3.05) is 11.9 Å². The van der Waals surface area contributed by atoms with Gasteiger partial charge in [0.15, 0.2) is 0 Å². The number of nitrogens with one attached hydrogen (secondary N) is 1. The Morgan fingerprint density at radius 1 is 1.77 bits per heavy atom. The van der Waals surface area contributed by atoms with E-state index in [1.165, 1.54) is 4.68 Å². The molecule has 0 aliphatic carbocycles. The van der Waals surface area contributed by atoms with Gasteiger partial charge in [0.25, 0.3) is 5.91 Å². The van der Waals surface area contributed by atoms with Gasteiger partial charge < -0.3 is 11.1 Å². The molecule has 5 nitrogen and oxygen atoms in total. The van der Waals surface area contributed by atoms with E-state index in [2.05, 4.69) is 17.3 Å². The highest BCUT2D eigenvalue weighted by Crippen LogP contribution is 2.07. The van der Waals surface area contributed by atoms with Crippen LogP contribution in [0.15, 0.2) is 6.07 Å². The summed E-state index contributed by atoms with van der Waals surface area (Å²) in [6.45, 7) is 2.90. The second-order valence-electron chi connectivity index (χ2n) is 2.83. The van der Waals surface area contributed by atoms with Gasteiger partial charge in [0, 0.05) is 19.7 Å². The summed E-state index contributed by atoms with van der Waals surface area (Å²) in [6, 6.07) is 1.65. The lowest BCUT2D eigenvalue weighted by molar-refractivity contribution is 0.0991. The maximum absolute atomic E-state index is 10.8. The Labute approximate surface area is 76.9 Å². The van der Waals surface area contributed by atoms with Crippen molar-refractivity contribution in [3.63, 3.8) is 0 Å². The topological polar surface area (TPSA) is 72.9 Å². The molecule has 1 rings (SSSR count). The van der Waals surface area contributed by atoms with Crippen molar-refractivity contribution < 1.29 is 4.79 Å². The number of nitrogens with zero attached hydrogens (tertiary/aromatic N) is 2. The molecule has 0 radical (unpaired) electrons. The lowest BCUT2D eigenvalue weighted by atomic mass is 10.4. The number of hydrogen-bond acceptors (Lipinski definition) is 3. The first-order valence-electron chi connectivity index (χ1n) is 4.23. The molecule has 0 saturated heterocycles. The van der Waals surface area contributed by atoms with Crippen LogP contribution in [0.1, 0.15) is 23.8 Å². The summed E-state index contributed by atoms with van der Waals surface area (Å²) in [7, 11) is 1.69. The second kappa shape index (κ2) is 3.93. The van der Waals surface area contributed by atoms with E-state index >= 15 is 0 Å². The molecule has 5 heteroatoms. The second-order valence-corrected chi connectivity index (χ2v) is 2.83. The molecular weight excluding hydrogens is 168 g/mol. The molecule has 0 aliphatic rings. The molecule has 0 aliphatic heterocycles. The van der Waals surface area contributed by atoms with Crippen LogP contribution in [0.5, 0.6) is 0 Å². The summed E-state index contributed by atoms with van der Waals surface area (Å²) in [5.41, 5.74) is 5.54. The van der Waals surface area contributed by atoms with Gasteiger partial charge >= 0.3 is 0 Å². The number of rotatable bonds is 4. The zero-order valence-corrected chi connectivity index (χ0v) is 7.87. The molecular formula is C8H14N4O. The van der Waals surface area contributed by atoms with Gasteiger partial charge in [0.1, 0.15) is 11.5 Å². The van der Waals surface area contributed by atoms with Crippen LogP contribution >= 0.6 is 0 Å². The normalized spacial score (nSPS) is 10.0. The molecule has 3 N–H and O–H groups in total. The quantitative estimate of drug-likeness (QED) is 0.705. The summed E-state index contributed by atoms with van der Waals surface area (Å²) in [5.74, 6) is 0.234. The van der Waals surface area contributed by atoms with Gasteiger partial charge in [-0.15, -0.1) is 0 Å². The highest BCUT2D eigenvalue weighted by molar-refractivity contribution is 5.91. The van der Waals surface area contributed by atoms with Gasteiger partial charge in [-0.3, -0.25) is 9.48 Å². The van der Waals surface area contributed by atoms with E-state index in [1.54, 1.807) is 13.1 Å². The van der Waals surface area contributed by atoms with Crippen molar-refractivity contribution in [3.05, 3.63) is 11.8 Å². The first-order chi connectivity index (χ1) is 6.15. The number of nitrogens with two attached hydrogens (primary N) is 1. The van der Waals surface area contributed by atoms with Crippen LogP contribution in [-0.4, -0.2) is 22.2 Å². The Bertz CT molecular complexity index is 305. The number of carbonyl (C=O) groups is 1. The largest absolute Gasteiger partial charge is 0.369 e. The van der Waals surface area contributed by atoms with E-state index in [1.807, 2.05) is 0 Å². The first kappa shape index (κ1) is 9.57. The molecule has 72 valence electrons.